The van der Waals surface area contributed by atoms with Crippen LogP contribution in [0.1, 0.15) is 29.3 Å². The summed E-state index contributed by atoms with van der Waals surface area (Å²) in [6.07, 6.45) is 5.95. The largest absolute Gasteiger partial charge is 0.508 e. The average Bonchev–Trinajstić information content (AvgIpc) is 2.29. The Labute approximate surface area is 95.5 Å². The lowest BCUT2D eigenvalue weighted by Gasteiger charge is -2.11. The third-order valence-electron chi connectivity index (χ3n) is 2.37. The summed E-state index contributed by atoms with van der Waals surface area (Å²) >= 11 is 0. The number of carbonyl (C=O) groups is 1. The molecule has 0 fully saturated rings. The van der Waals surface area contributed by atoms with Crippen molar-refractivity contribution in [2.24, 2.45) is 0 Å². The highest BCUT2D eigenvalue weighted by atomic mass is 16.3. The number of aryl methyl sites for hydroxylation is 1. The number of terminal acetylenes is 1. The highest BCUT2D eigenvalue weighted by molar-refractivity contribution is 5.95. The molecule has 16 heavy (non-hydrogen) atoms. The van der Waals surface area contributed by atoms with E-state index >= 15 is 0 Å². The number of amides is 1. The monoisotopic (exact) mass is 217 g/mol. The maximum Gasteiger partial charge on any atom is 0.252 e. The molecule has 0 saturated carbocycles. The zero-order valence-corrected chi connectivity index (χ0v) is 9.45. The molecule has 1 atom stereocenters. The van der Waals surface area contributed by atoms with Gasteiger partial charge < -0.3 is 10.4 Å². The van der Waals surface area contributed by atoms with Crippen LogP contribution in [0.3, 0.4) is 0 Å². The van der Waals surface area contributed by atoms with Crippen LogP contribution in [0.25, 0.3) is 0 Å². The molecule has 0 saturated heterocycles. The first kappa shape index (κ1) is 12.1. The van der Waals surface area contributed by atoms with Crippen molar-refractivity contribution in [1.82, 2.24) is 5.32 Å². The van der Waals surface area contributed by atoms with Crippen LogP contribution in [0.2, 0.25) is 0 Å². The van der Waals surface area contributed by atoms with E-state index in [0.717, 1.165) is 0 Å². The minimum atomic E-state index is -0.249. The molecule has 0 aliphatic carbocycles. The van der Waals surface area contributed by atoms with Gasteiger partial charge in [-0.15, -0.1) is 6.42 Å². The van der Waals surface area contributed by atoms with E-state index in [4.69, 9.17) is 6.42 Å². The van der Waals surface area contributed by atoms with Crippen LogP contribution in [0.4, 0.5) is 0 Å². The van der Waals surface area contributed by atoms with Crippen LogP contribution in [0.15, 0.2) is 18.2 Å². The number of carbonyl (C=O) groups excluding carboxylic acids is 1. The molecule has 1 rings (SSSR count). The lowest BCUT2D eigenvalue weighted by Crippen LogP contribution is -2.33. The van der Waals surface area contributed by atoms with Gasteiger partial charge in [-0.1, -0.05) is 12.8 Å². The number of rotatable bonds is 3. The second kappa shape index (κ2) is 5.22. The number of phenolic OH excluding ortho intramolecular Hbond substituents is 1. The van der Waals surface area contributed by atoms with Crippen LogP contribution in [0.5, 0.6) is 5.75 Å². The molecule has 84 valence electrons. The van der Waals surface area contributed by atoms with Crippen molar-refractivity contribution in [1.29, 1.82) is 0 Å². The molecule has 3 nitrogen and oxygen atoms in total. The van der Waals surface area contributed by atoms with Gasteiger partial charge in [-0.05, 0) is 37.1 Å². The smallest absolute Gasteiger partial charge is 0.252 e. The molecule has 3 heteroatoms. The summed E-state index contributed by atoms with van der Waals surface area (Å²) < 4.78 is 0. The van der Waals surface area contributed by atoms with Gasteiger partial charge in [0.15, 0.2) is 0 Å². The quantitative estimate of drug-likeness (QED) is 0.759. The van der Waals surface area contributed by atoms with Gasteiger partial charge in [-0.3, -0.25) is 4.79 Å². The van der Waals surface area contributed by atoms with Crippen molar-refractivity contribution in [3.05, 3.63) is 29.3 Å². The van der Waals surface area contributed by atoms with Gasteiger partial charge in [0.1, 0.15) is 5.75 Å². The molecule has 0 radical (unpaired) electrons. The van der Waals surface area contributed by atoms with E-state index in [0.29, 0.717) is 17.5 Å². The molecule has 0 spiro atoms. The zero-order chi connectivity index (χ0) is 12.1. The van der Waals surface area contributed by atoms with Gasteiger partial charge in [-0.25, -0.2) is 0 Å². The fourth-order valence-corrected chi connectivity index (χ4v) is 1.30. The fourth-order valence-electron chi connectivity index (χ4n) is 1.30. The van der Waals surface area contributed by atoms with Crippen molar-refractivity contribution in [3.63, 3.8) is 0 Å². The van der Waals surface area contributed by atoms with E-state index in [1.807, 2.05) is 6.92 Å². The molecule has 2 N–H and O–H groups in total. The molecule has 0 aliphatic rings. The van der Waals surface area contributed by atoms with Crippen molar-refractivity contribution >= 4 is 5.91 Å². The van der Waals surface area contributed by atoms with Gasteiger partial charge in [0.05, 0.1) is 6.04 Å². The second-order valence-corrected chi connectivity index (χ2v) is 3.60. The van der Waals surface area contributed by atoms with Gasteiger partial charge >= 0.3 is 0 Å². The Kier molecular flexibility index (Phi) is 3.96. The van der Waals surface area contributed by atoms with Crippen LogP contribution < -0.4 is 5.32 Å². The van der Waals surface area contributed by atoms with E-state index in [-0.39, 0.29) is 17.7 Å². The van der Waals surface area contributed by atoms with Crippen LogP contribution in [0, 0.1) is 19.3 Å². The molecule has 0 aromatic heterocycles. The number of nitrogens with one attached hydrogen (secondary N) is 1. The van der Waals surface area contributed by atoms with E-state index < -0.39 is 0 Å². The minimum absolute atomic E-state index is 0.181. The standard InChI is InChI=1S/C13H15NO2/c1-4-11(5-2)14-13(16)10-6-7-12(15)9(3)8-10/h1,6-8,11,15H,5H2,2-3H3,(H,14,16). The van der Waals surface area contributed by atoms with Gasteiger partial charge in [-0.2, -0.15) is 0 Å². The number of hydrogen-bond acceptors (Lipinski definition) is 2. The van der Waals surface area contributed by atoms with Gasteiger partial charge in [0.2, 0.25) is 0 Å². The Morgan fingerprint density at radius 2 is 2.31 bits per heavy atom. The first-order chi connectivity index (χ1) is 7.58. The topological polar surface area (TPSA) is 49.3 Å². The lowest BCUT2D eigenvalue weighted by molar-refractivity contribution is 0.0945. The predicted octanol–water partition coefficient (Wildman–Crippen LogP) is 1.84. The second-order valence-electron chi connectivity index (χ2n) is 3.60. The molecule has 1 aromatic carbocycles. The minimum Gasteiger partial charge on any atom is -0.508 e. The molecular weight excluding hydrogens is 202 g/mol. The van der Waals surface area contributed by atoms with E-state index in [2.05, 4.69) is 11.2 Å². The molecule has 1 amide bonds. The van der Waals surface area contributed by atoms with Crippen LogP contribution >= 0.6 is 0 Å². The van der Waals surface area contributed by atoms with Crippen molar-refractivity contribution < 1.29 is 9.90 Å². The van der Waals surface area contributed by atoms with Crippen molar-refractivity contribution in [2.75, 3.05) is 0 Å². The Morgan fingerprint density at radius 3 is 2.81 bits per heavy atom. The van der Waals surface area contributed by atoms with Crippen LogP contribution in [-0.2, 0) is 0 Å². The lowest BCUT2D eigenvalue weighted by atomic mass is 10.1. The molecule has 0 bridgehead atoms. The summed E-state index contributed by atoms with van der Waals surface area (Å²) in [5.74, 6) is 2.46. The highest BCUT2D eigenvalue weighted by Gasteiger charge is 2.10. The van der Waals surface area contributed by atoms with E-state index in [1.165, 1.54) is 6.07 Å². The molecule has 1 unspecified atom stereocenters. The van der Waals surface area contributed by atoms with Crippen LogP contribution in [-0.4, -0.2) is 17.1 Å². The van der Waals surface area contributed by atoms with E-state index in [1.54, 1.807) is 19.1 Å². The number of phenols is 1. The summed E-state index contributed by atoms with van der Waals surface area (Å²) in [6.45, 7) is 3.65. The fraction of sp³-hybridized carbons (Fsp3) is 0.308. The summed E-state index contributed by atoms with van der Waals surface area (Å²) in [4.78, 5) is 11.7. The third-order valence-corrected chi connectivity index (χ3v) is 2.37. The van der Waals surface area contributed by atoms with Crippen molar-refractivity contribution in [2.45, 2.75) is 26.3 Å². The predicted molar refractivity (Wildman–Crippen MR) is 63.2 cm³/mol. The number of aromatic hydroxyl groups is 1. The number of benzene rings is 1. The Balaban J connectivity index is 2.81. The first-order valence-electron chi connectivity index (χ1n) is 5.15. The van der Waals surface area contributed by atoms with Gasteiger partial charge in [0, 0.05) is 5.56 Å². The highest BCUT2D eigenvalue weighted by Crippen LogP contribution is 2.16. The molecule has 1 aromatic rings. The summed E-state index contributed by atoms with van der Waals surface area (Å²) in [5.41, 5.74) is 1.17. The SMILES string of the molecule is C#CC(CC)NC(=O)c1ccc(O)c(C)c1. The summed E-state index contributed by atoms with van der Waals surface area (Å²) in [7, 11) is 0. The Morgan fingerprint density at radius 1 is 1.62 bits per heavy atom. The summed E-state index contributed by atoms with van der Waals surface area (Å²) in [6, 6.07) is 4.46. The molecule has 0 aliphatic heterocycles. The Hall–Kier alpha value is -1.95. The first-order valence-corrected chi connectivity index (χ1v) is 5.15. The number of hydrogen-bond donors (Lipinski definition) is 2. The third kappa shape index (κ3) is 2.77. The normalized spacial score (nSPS) is 11.6. The molecular formula is C13H15NO2. The zero-order valence-electron chi connectivity index (χ0n) is 9.45. The summed E-state index contributed by atoms with van der Waals surface area (Å²) in [5, 5.41) is 12.1. The maximum atomic E-state index is 11.7. The van der Waals surface area contributed by atoms with E-state index in [9.17, 15) is 9.90 Å². The Bertz CT molecular complexity index is 432. The average molecular weight is 217 g/mol. The maximum absolute atomic E-state index is 11.7. The van der Waals surface area contributed by atoms with Crippen molar-refractivity contribution in [3.8, 4) is 18.1 Å². The van der Waals surface area contributed by atoms with Gasteiger partial charge in [0.25, 0.3) is 5.91 Å². The molecule has 0 heterocycles.